The Morgan fingerprint density at radius 1 is 0.368 bits per heavy atom. The van der Waals surface area contributed by atoms with Gasteiger partial charge in [-0.3, -0.25) is 0 Å². The Bertz CT molecular complexity index is 3120. The number of hydrogen-bond donors (Lipinski definition) is 0. The summed E-state index contributed by atoms with van der Waals surface area (Å²) >= 11 is 0. The van der Waals surface area contributed by atoms with E-state index in [1.54, 1.807) is 0 Å². The summed E-state index contributed by atoms with van der Waals surface area (Å²) < 4.78 is 6.32. The molecule has 10 aromatic rings. The van der Waals surface area contributed by atoms with Crippen LogP contribution in [-0.2, 0) is 5.41 Å². The molecule has 1 aliphatic carbocycles. The monoisotopic (exact) mass is 729 g/mol. The first kappa shape index (κ1) is 33.2. The van der Waals surface area contributed by atoms with E-state index >= 15 is 0 Å². The maximum absolute atomic E-state index is 6.32. The lowest BCUT2D eigenvalue weighted by Crippen LogP contribution is -2.16. The molecule has 0 radical (unpaired) electrons. The van der Waals surface area contributed by atoms with Gasteiger partial charge in [0.2, 0.25) is 0 Å². The Kier molecular flexibility index (Phi) is 7.55. The van der Waals surface area contributed by atoms with Crippen molar-refractivity contribution in [3.05, 3.63) is 211 Å². The largest absolute Gasteiger partial charge is 0.456 e. The molecule has 0 atom stereocenters. The molecule has 0 saturated heterocycles. The minimum atomic E-state index is -0.167. The predicted octanol–water partition coefficient (Wildman–Crippen LogP) is 15.5. The Morgan fingerprint density at radius 2 is 0.860 bits per heavy atom. The second-order valence-electron chi connectivity index (χ2n) is 15.7. The molecule has 0 aliphatic heterocycles. The molecular formula is C55H39NO. The molecular weight excluding hydrogens is 691 g/mol. The van der Waals surface area contributed by atoms with Crippen LogP contribution in [0.15, 0.2) is 205 Å². The van der Waals surface area contributed by atoms with Crippen LogP contribution < -0.4 is 4.90 Å². The molecule has 11 rings (SSSR count). The highest BCUT2D eigenvalue weighted by Crippen LogP contribution is 2.52. The van der Waals surface area contributed by atoms with E-state index in [0.29, 0.717) is 0 Å². The van der Waals surface area contributed by atoms with Gasteiger partial charge in [-0.25, -0.2) is 0 Å². The maximum atomic E-state index is 6.32. The van der Waals surface area contributed by atoms with Gasteiger partial charge in [0, 0.05) is 33.2 Å². The van der Waals surface area contributed by atoms with Crippen molar-refractivity contribution in [1.82, 2.24) is 0 Å². The fourth-order valence-electron chi connectivity index (χ4n) is 9.09. The molecule has 0 unspecified atom stereocenters. The third-order valence-electron chi connectivity index (χ3n) is 12.1. The van der Waals surface area contributed by atoms with Gasteiger partial charge < -0.3 is 9.32 Å². The molecule has 1 heterocycles. The van der Waals surface area contributed by atoms with Gasteiger partial charge in [0.05, 0.1) is 0 Å². The zero-order valence-corrected chi connectivity index (χ0v) is 31.9. The zero-order valence-electron chi connectivity index (χ0n) is 31.9. The Morgan fingerprint density at radius 3 is 1.56 bits per heavy atom. The minimum absolute atomic E-state index is 0.167. The van der Waals surface area contributed by atoms with Crippen LogP contribution in [0.1, 0.15) is 25.0 Å². The van der Waals surface area contributed by atoms with Crippen LogP contribution in [0.5, 0.6) is 0 Å². The molecule has 0 amide bonds. The number of benzene rings is 9. The van der Waals surface area contributed by atoms with Crippen molar-refractivity contribution in [3.8, 4) is 44.5 Å². The molecule has 1 aromatic heterocycles. The van der Waals surface area contributed by atoms with Gasteiger partial charge in [0.1, 0.15) is 11.2 Å². The average Bonchev–Trinajstić information content (AvgIpc) is 3.76. The number of nitrogens with zero attached hydrogens (tertiary/aromatic N) is 1. The average molecular weight is 730 g/mol. The molecule has 0 spiro atoms. The van der Waals surface area contributed by atoms with Gasteiger partial charge in [-0.05, 0) is 127 Å². The second-order valence-corrected chi connectivity index (χ2v) is 15.7. The fraction of sp³-hybridized carbons (Fsp3) is 0.0545. The van der Waals surface area contributed by atoms with Gasteiger partial charge in [-0.1, -0.05) is 153 Å². The first-order valence-corrected chi connectivity index (χ1v) is 19.7. The van der Waals surface area contributed by atoms with Crippen molar-refractivity contribution in [2.45, 2.75) is 19.3 Å². The molecule has 2 nitrogen and oxygen atoms in total. The van der Waals surface area contributed by atoms with Crippen molar-refractivity contribution >= 4 is 49.8 Å². The molecule has 270 valence electrons. The van der Waals surface area contributed by atoms with Crippen LogP contribution in [0, 0.1) is 0 Å². The summed E-state index contributed by atoms with van der Waals surface area (Å²) in [6, 6.07) is 72.6. The van der Waals surface area contributed by atoms with Crippen LogP contribution in [0.25, 0.3) is 77.2 Å². The molecule has 57 heavy (non-hydrogen) atoms. The van der Waals surface area contributed by atoms with Crippen LogP contribution in [0.4, 0.5) is 17.1 Å². The quantitative estimate of drug-likeness (QED) is 0.169. The van der Waals surface area contributed by atoms with Crippen molar-refractivity contribution < 1.29 is 4.42 Å². The summed E-state index contributed by atoms with van der Waals surface area (Å²) in [7, 11) is 0. The minimum Gasteiger partial charge on any atom is -0.456 e. The van der Waals surface area contributed by atoms with Crippen molar-refractivity contribution in [1.29, 1.82) is 0 Å². The number of fused-ring (bicyclic) bond motifs is 8. The van der Waals surface area contributed by atoms with E-state index in [0.717, 1.165) is 44.7 Å². The Labute approximate surface area is 332 Å². The van der Waals surface area contributed by atoms with Crippen LogP contribution >= 0.6 is 0 Å². The third-order valence-corrected chi connectivity index (χ3v) is 12.1. The summed E-state index contributed by atoms with van der Waals surface area (Å²) in [5.41, 5.74) is 17.6. The fourth-order valence-corrected chi connectivity index (χ4v) is 9.09. The number of rotatable bonds is 6. The van der Waals surface area contributed by atoms with Crippen molar-refractivity contribution in [2.24, 2.45) is 0 Å². The van der Waals surface area contributed by atoms with Gasteiger partial charge >= 0.3 is 0 Å². The van der Waals surface area contributed by atoms with Gasteiger partial charge in [-0.15, -0.1) is 0 Å². The smallest absolute Gasteiger partial charge is 0.136 e. The van der Waals surface area contributed by atoms with Gasteiger partial charge in [0.15, 0.2) is 0 Å². The highest BCUT2D eigenvalue weighted by Gasteiger charge is 2.36. The van der Waals surface area contributed by atoms with E-state index in [2.05, 4.69) is 219 Å². The van der Waals surface area contributed by atoms with E-state index in [-0.39, 0.29) is 5.41 Å². The lowest BCUT2D eigenvalue weighted by molar-refractivity contribution is 0.660. The lowest BCUT2D eigenvalue weighted by atomic mass is 9.81. The summed E-state index contributed by atoms with van der Waals surface area (Å²) in [6.45, 7) is 4.74. The predicted molar refractivity (Wildman–Crippen MR) is 240 cm³/mol. The highest BCUT2D eigenvalue weighted by molar-refractivity contribution is 6.19. The molecule has 1 aliphatic rings. The van der Waals surface area contributed by atoms with E-state index in [1.807, 2.05) is 0 Å². The molecule has 0 saturated carbocycles. The summed E-state index contributed by atoms with van der Waals surface area (Å²) in [4.78, 5) is 2.40. The lowest BCUT2D eigenvalue weighted by Gasteiger charge is -2.28. The summed E-state index contributed by atoms with van der Waals surface area (Å²) in [5.74, 6) is 0. The molecule has 2 heteroatoms. The summed E-state index contributed by atoms with van der Waals surface area (Å²) in [5, 5.41) is 4.74. The Balaban J connectivity index is 1.00. The second kappa shape index (κ2) is 13.0. The van der Waals surface area contributed by atoms with Crippen LogP contribution in [0.3, 0.4) is 0 Å². The number of anilines is 3. The molecule has 0 N–H and O–H groups in total. The van der Waals surface area contributed by atoms with Gasteiger partial charge in [0.25, 0.3) is 0 Å². The van der Waals surface area contributed by atoms with E-state index in [4.69, 9.17) is 4.42 Å². The van der Waals surface area contributed by atoms with Crippen LogP contribution in [-0.4, -0.2) is 0 Å². The standard InChI is InChI=1S/C55H39NO/c1-55(2)50-34-42(37-13-7-4-8-14-37)21-29-47(50)48-30-28-45(35-51(48)55)56(43-24-17-38(18-25-43)36-11-5-3-6-12-36)44-26-19-39(20-27-44)41-23-31-52-49(33-41)54-46-16-10-9-15-40(46)22-32-53(54)57-52/h3-35H,1-2H3. The zero-order chi connectivity index (χ0) is 38.1. The molecule has 0 fully saturated rings. The normalized spacial score (nSPS) is 12.9. The summed E-state index contributed by atoms with van der Waals surface area (Å²) in [6.07, 6.45) is 0. The molecule has 0 bridgehead atoms. The van der Waals surface area contributed by atoms with Crippen molar-refractivity contribution in [3.63, 3.8) is 0 Å². The van der Waals surface area contributed by atoms with E-state index in [1.165, 1.54) is 60.7 Å². The molecule has 9 aromatic carbocycles. The first-order chi connectivity index (χ1) is 28.0. The van der Waals surface area contributed by atoms with Crippen LogP contribution in [0.2, 0.25) is 0 Å². The first-order valence-electron chi connectivity index (χ1n) is 19.7. The van der Waals surface area contributed by atoms with E-state index < -0.39 is 0 Å². The Hall–Kier alpha value is -7.16. The van der Waals surface area contributed by atoms with E-state index in [9.17, 15) is 0 Å². The topological polar surface area (TPSA) is 16.4 Å². The number of hydrogen-bond acceptors (Lipinski definition) is 2. The highest BCUT2D eigenvalue weighted by atomic mass is 16.3. The van der Waals surface area contributed by atoms with Crippen molar-refractivity contribution in [2.75, 3.05) is 4.90 Å². The third kappa shape index (κ3) is 5.48. The number of furan rings is 1. The SMILES string of the molecule is CC1(C)c2cc(-c3ccccc3)ccc2-c2ccc(N(c3ccc(-c4ccccc4)cc3)c3ccc(-c4ccc5oc6ccc7ccccc7c6c5c4)cc3)cc21. The van der Waals surface area contributed by atoms with Gasteiger partial charge in [-0.2, -0.15) is 0 Å². The maximum Gasteiger partial charge on any atom is 0.136 e.